The van der Waals surface area contributed by atoms with E-state index in [1.54, 1.807) is 0 Å². The topological polar surface area (TPSA) is 35.8 Å². The molecule has 0 fully saturated rings. The lowest BCUT2D eigenvalue weighted by Crippen LogP contribution is -1.96. The maximum atomic E-state index is 8.21. The number of rotatable bonds is 0. The molecule has 0 saturated carbocycles. The predicted octanol–water partition coefficient (Wildman–Crippen LogP) is 0.591. The fourth-order valence-electron chi connectivity index (χ4n) is 0.407. The largest absolute Gasteiger partial charge is 0.290 e. The number of hydrogen-bond donors (Lipinski definition) is 1. The van der Waals surface area contributed by atoms with Crippen LogP contribution in [0.15, 0.2) is 11.4 Å². The number of nitrogens with zero attached hydrogens (tertiary/aromatic N) is 1. The highest BCUT2D eigenvalue weighted by molar-refractivity contribution is 7.39. The van der Waals surface area contributed by atoms with Gasteiger partial charge in [0.25, 0.3) is 0 Å². The molecule has 0 aromatic heterocycles. The molecular formula is C4H5N2P. The molecule has 36 valence electrons. The van der Waals surface area contributed by atoms with E-state index in [-0.39, 0.29) is 0 Å². The first kappa shape index (κ1) is 4.77. The minimum atomic E-state index is 0.661. The quantitative estimate of drug-likeness (QED) is 0.465. The van der Waals surface area contributed by atoms with Crippen molar-refractivity contribution in [2.45, 2.75) is 0 Å². The number of nitrogens with one attached hydrogen (secondary N) is 1. The van der Waals surface area contributed by atoms with Crippen LogP contribution in [0.3, 0.4) is 0 Å². The van der Waals surface area contributed by atoms with Gasteiger partial charge in [0, 0.05) is 12.1 Å². The van der Waals surface area contributed by atoms with Crippen LogP contribution >= 0.6 is 8.73 Å². The van der Waals surface area contributed by atoms with Gasteiger partial charge in [-0.2, -0.15) is 5.26 Å². The maximum Gasteiger partial charge on any atom is 0.0961 e. The minimum Gasteiger partial charge on any atom is -0.290 e. The molecule has 0 aliphatic carbocycles. The highest BCUT2D eigenvalue weighted by atomic mass is 31.1. The molecule has 2 nitrogen and oxygen atoms in total. The van der Waals surface area contributed by atoms with E-state index in [1.165, 1.54) is 0 Å². The van der Waals surface area contributed by atoms with Crippen molar-refractivity contribution in [2.75, 3.05) is 6.54 Å². The Labute approximate surface area is 44.1 Å². The summed E-state index contributed by atoms with van der Waals surface area (Å²) in [4.78, 5) is 0. The Bertz CT molecular complexity index is 133. The molecule has 0 spiro atoms. The van der Waals surface area contributed by atoms with Crippen molar-refractivity contribution in [3.63, 3.8) is 0 Å². The number of nitriles is 1. The molecule has 0 radical (unpaired) electrons. The minimum absolute atomic E-state index is 0.661. The SMILES string of the molecule is N#CC1=CPNC1. The summed E-state index contributed by atoms with van der Waals surface area (Å²) >= 11 is 0. The second-order valence-electron chi connectivity index (χ2n) is 1.28. The zero-order valence-electron chi connectivity index (χ0n) is 3.73. The molecule has 1 atom stereocenters. The van der Waals surface area contributed by atoms with E-state index in [9.17, 15) is 0 Å². The van der Waals surface area contributed by atoms with Gasteiger partial charge in [0.15, 0.2) is 0 Å². The van der Waals surface area contributed by atoms with Crippen molar-refractivity contribution in [2.24, 2.45) is 0 Å². The van der Waals surface area contributed by atoms with Gasteiger partial charge in [-0.3, -0.25) is 5.09 Å². The highest BCUT2D eigenvalue weighted by Crippen LogP contribution is 2.15. The summed E-state index contributed by atoms with van der Waals surface area (Å²) in [5.74, 6) is 1.93. The van der Waals surface area contributed by atoms with Crippen molar-refractivity contribution >= 4 is 8.73 Å². The molecule has 0 aromatic rings. The lowest BCUT2D eigenvalue weighted by Gasteiger charge is -1.81. The van der Waals surface area contributed by atoms with Crippen LogP contribution in [0.4, 0.5) is 0 Å². The molecule has 0 bridgehead atoms. The van der Waals surface area contributed by atoms with Gasteiger partial charge in [-0.05, 0) is 14.5 Å². The van der Waals surface area contributed by atoms with Crippen molar-refractivity contribution in [3.8, 4) is 6.07 Å². The molecule has 7 heavy (non-hydrogen) atoms. The van der Waals surface area contributed by atoms with Gasteiger partial charge >= 0.3 is 0 Å². The van der Waals surface area contributed by atoms with Crippen LogP contribution < -0.4 is 5.09 Å². The first-order valence-electron chi connectivity index (χ1n) is 2.01. The van der Waals surface area contributed by atoms with Crippen LogP contribution in [0, 0.1) is 11.3 Å². The van der Waals surface area contributed by atoms with Gasteiger partial charge in [0.2, 0.25) is 0 Å². The Morgan fingerprint density at radius 2 is 2.86 bits per heavy atom. The van der Waals surface area contributed by atoms with Gasteiger partial charge in [0.05, 0.1) is 6.07 Å². The monoisotopic (exact) mass is 112 g/mol. The zero-order valence-corrected chi connectivity index (χ0v) is 4.73. The lowest BCUT2D eigenvalue weighted by molar-refractivity contribution is 1.11. The molecule has 0 aromatic carbocycles. The van der Waals surface area contributed by atoms with Gasteiger partial charge in [-0.25, -0.2) is 0 Å². The van der Waals surface area contributed by atoms with Crippen LogP contribution in [0.1, 0.15) is 0 Å². The van der Waals surface area contributed by atoms with E-state index in [4.69, 9.17) is 5.26 Å². The van der Waals surface area contributed by atoms with Crippen molar-refractivity contribution in [3.05, 3.63) is 11.4 Å². The van der Waals surface area contributed by atoms with Crippen molar-refractivity contribution in [1.82, 2.24) is 5.09 Å². The van der Waals surface area contributed by atoms with E-state index in [1.807, 2.05) is 5.82 Å². The average Bonchev–Trinajstić information content (AvgIpc) is 2.14. The summed E-state index contributed by atoms with van der Waals surface area (Å²) in [6.07, 6.45) is 0. The fourth-order valence-corrected chi connectivity index (χ4v) is 1.14. The molecular weight excluding hydrogens is 107 g/mol. The third kappa shape index (κ3) is 0.991. The third-order valence-corrected chi connectivity index (χ3v) is 1.64. The summed E-state index contributed by atoms with van der Waals surface area (Å²) in [5.41, 5.74) is 0.873. The van der Waals surface area contributed by atoms with Crippen molar-refractivity contribution < 1.29 is 0 Å². The Hall–Kier alpha value is -0.380. The van der Waals surface area contributed by atoms with Crippen LogP contribution in [0.5, 0.6) is 0 Å². The smallest absolute Gasteiger partial charge is 0.0961 e. The Morgan fingerprint density at radius 3 is 3.14 bits per heavy atom. The van der Waals surface area contributed by atoms with Crippen molar-refractivity contribution in [1.29, 1.82) is 5.26 Å². The molecule has 0 saturated heterocycles. The van der Waals surface area contributed by atoms with Gasteiger partial charge in [-0.1, -0.05) is 0 Å². The first-order valence-corrected chi connectivity index (χ1v) is 3.09. The van der Waals surface area contributed by atoms with Crippen LogP contribution in [0.25, 0.3) is 0 Å². The molecule has 0 amide bonds. The Morgan fingerprint density at radius 1 is 2.00 bits per heavy atom. The highest BCUT2D eigenvalue weighted by Gasteiger charge is 1.98. The zero-order chi connectivity index (χ0) is 5.11. The maximum absolute atomic E-state index is 8.21. The molecule has 1 rings (SSSR count). The summed E-state index contributed by atoms with van der Waals surface area (Å²) < 4.78 is 0. The predicted molar refractivity (Wildman–Crippen MR) is 30.0 cm³/mol. The van der Waals surface area contributed by atoms with Gasteiger partial charge in [-0.15, -0.1) is 0 Å². The molecule has 1 heterocycles. The first-order chi connectivity index (χ1) is 3.43. The van der Waals surface area contributed by atoms with E-state index in [0.717, 1.165) is 12.1 Å². The average molecular weight is 112 g/mol. The van der Waals surface area contributed by atoms with E-state index < -0.39 is 0 Å². The van der Waals surface area contributed by atoms with E-state index in [2.05, 4.69) is 11.2 Å². The molecule has 1 unspecified atom stereocenters. The second-order valence-corrected chi connectivity index (χ2v) is 2.21. The summed E-state index contributed by atoms with van der Waals surface area (Å²) in [6, 6.07) is 2.07. The standard InChI is InChI=1S/C4H5N2P/c5-1-4-2-6-7-3-4/h3,6-7H,2H2. The molecule has 1 aliphatic heterocycles. The summed E-state index contributed by atoms with van der Waals surface area (Å²) in [7, 11) is 0.661. The van der Waals surface area contributed by atoms with E-state index >= 15 is 0 Å². The van der Waals surface area contributed by atoms with Crippen LogP contribution in [0.2, 0.25) is 0 Å². The van der Waals surface area contributed by atoms with Crippen LogP contribution in [-0.2, 0) is 0 Å². The Balaban J connectivity index is 2.57. The summed E-state index contributed by atoms with van der Waals surface area (Å²) in [5, 5.41) is 11.2. The molecule has 3 heteroatoms. The summed E-state index contributed by atoms with van der Waals surface area (Å²) in [6.45, 7) is 0.773. The Kier molecular flexibility index (Phi) is 1.41. The van der Waals surface area contributed by atoms with E-state index in [0.29, 0.717) is 8.73 Å². The lowest BCUT2D eigenvalue weighted by atomic mass is 10.4. The fraction of sp³-hybridized carbons (Fsp3) is 0.250. The molecule has 1 aliphatic rings. The normalized spacial score (nSPS) is 21.9. The van der Waals surface area contributed by atoms with Gasteiger partial charge in [0.1, 0.15) is 0 Å². The second kappa shape index (κ2) is 2.07. The molecule has 1 N–H and O–H groups in total. The van der Waals surface area contributed by atoms with Gasteiger partial charge < -0.3 is 0 Å². The third-order valence-electron chi connectivity index (χ3n) is 0.771. The van der Waals surface area contributed by atoms with Crippen LogP contribution in [-0.4, -0.2) is 6.54 Å². The number of hydrogen-bond acceptors (Lipinski definition) is 2.